The molecule has 2 N–H and O–H groups in total. The highest BCUT2D eigenvalue weighted by atomic mass is 15.1. The van der Waals surface area contributed by atoms with E-state index in [2.05, 4.69) is 49.7 Å². The van der Waals surface area contributed by atoms with Gasteiger partial charge in [0.1, 0.15) is 5.84 Å². The standard InChI is InChI=1S/C14H23N3/c1-10-7-8-11(9-12(10)17(5)6)16-13(15)14(2,3)4/h7-9H,1-6H3,(H2,15,16). The van der Waals surface area contributed by atoms with Gasteiger partial charge in [-0.1, -0.05) is 26.8 Å². The van der Waals surface area contributed by atoms with E-state index in [0.29, 0.717) is 5.84 Å². The molecular formula is C14H23N3. The van der Waals surface area contributed by atoms with Gasteiger partial charge in [-0.15, -0.1) is 0 Å². The maximum atomic E-state index is 5.98. The molecule has 0 fully saturated rings. The van der Waals surface area contributed by atoms with Crippen LogP contribution in [0.5, 0.6) is 0 Å². The molecule has 0 saturated heterocycles. The van der Waals surface area contributed by atoms with Gasteiger partial charge in [0.2, 0.25) is 0 Å². The zero-order valence-corrected chi connectivity index (χ0v) is 11.7. The van der Waals surface area contributed by atoms with Crippen molar-refractivity contribution in [3.05, 3.63) is 23.8 Å². The Kier molecular flexibility index (Phi) is 3.81. The molecule has 0 aromatic heterocycles. The van der Waals surface area contributed by atoms with E-state index in [-0.39, 0.29) is 5.41 Å². The van der Waals surface area contributed by atoms with Crippen LogP contribution in [0.15, 0.2) is 23.2 Å². The summed E-state index contributed by atoms with van der Waals surface area (Å²) in [6.07, 6.45) is 0. The second kappa shape index (κ2) is 4.78. The molecular weight excluding hydrogens is 210 g/mol. The molecule has 0 saturated carbocycles. The third-order valence-corrected chi connectivity index (χ3v) is 2.69. The van der Waals surface area contributed by atoms with Crippen molar-refractivity contribution in [2.24, 2.45) is 16.1 Å². The Labute approximate surface area is 104 Å². The molecule has 0 unspecified atom stereocenters. The quantitative estimate of drug-likeness (QED) is 0.630. The summed E-state index contributed by atoms with van der Waals surface area (Å²) in [5, 5.41) is 0. The van der Waals surface area contributed by atoms with E-state index < -0.39 is 0 Å². The van der Waals surface area contributed by atoms with Gasteiger partial charge < -0.3 is 10.6 Å². The normalized spacial score (nSPS) is 12.7. The molecule has 0 aliphatic rings. The van der Waals surface area contributed by atoms with Crippen LogP contribution in [0.4, 0.5) is 11.4 Å². The lowest BCUT2D eigenvalue weighted by molar-refractivity contribution is 0.585. The van der Waals surface area contributed by atoms with Gasteiger partial charge in [-0.3, -0.25) is 0 Å². The van der Waals surface area contributed by atoms with Crippen molar-refractivity contribution < 1.29 is 0 Å². The zero-order chi connectivity index (χ0) is 13.2. The van der Waals surface area contributed by atoms with Crippen molar-refractivity contribution in [1.82, 2.24) is 0 Å². The lowest BCUT2D eigenvalue weighted by Gasteiger charge is -2.19. The van der Waals surface area contributed by atoms with Crippen LogP contribution in [-0.4, -0.2) is 19.9 Å². The summed E-state index contributed by atoms with van der Waals surface area (Å²) < 4.78 is 0. The highest BCUT2D eigenvalue weighted by molar-refractivity contribution is 5.88. The molecule has 0 amide bonds. The highest BCUT2D eigenvalue weighted by Gasteiger charge is 2.15. The SMILES string of the molecule is Cc1ccc(N=C(N)C(C)(C)C)cc1N(C)C. The predicted molar refractivity (Wildman–Crippen MR) is 76.2 cm³/mol. The zero-order valence-electron chi connectivity index (χ0n) is 11.7. The smallest absolute Gasteiger partial charge is 0.105 e. The molecule has 1 aromatic carbocycles. The Hall–Kier alpha value is -1.51. The van der Waals surface area contributed by atoms with Crippen LogP contribution in [0, 0.1) is 12.3 Å². The van der Waals surface area contributed by atoms with Crippen LogP contribution < -0.4 is 10.6 Å². The van der Waals surface area contributed by atoms with Gasteiger partial charge in [-0.2, -0.15) is 0 Å². The predicted octanol–water partition coefficient (Wildman–Crippen LogP) is 3.10. The van der Waals surface area contributed by atoms with Crippen molar-refractivity contribution in [3.8, 4) is 0 Å². The van der Waals surface area contributed by atoms with Crippen LogP contribution in [0.2, 0.25) is 0 Å². The number of nitrogens with zero attached hydrogens (tertiary/aromatic N) is 2. The first-order chi connectivity index (χ1) is 7.71. The Morgan fingerprint density at radius 3 is 2.29 bits per heavy atom. The summed E-state index contributed by atoms with van der Waals surface area (Å²) in [5.74, 6) is 0.658. The van der Waals surface area contributed by atoms with E-state index in [4.69, 9.17) is 5.73 Å². The fourth-order valence-corrected chi connectivity index (χ4v) is 1.46. The summed E-state index contributed by atoms with van der Waals surface area (Å²) >= 11 is 0. The molecule has 94 valence electrons. The van der Waals surface area contributed by atoms with Crippen molar-refractivity contribution in [2.75, 3.05) is 19.0 Å². The Morgan fingerprint density at radius 1 is 1.24 bits per heavy atom. The Morgan fingerprint density at radius 2 is 1.82 bits per heavy atom. The summed E-state index contributed by atoms with van der Waals surface area (Å²) in [6, 6.07) is 6.14. The van der Waals surface area contributed by atoms with Gasteiger partial charge >= 0.3 is 0 Å². The monoisotopic (exact) mass is 233 g/mol. The Bertz CT molecular complexity index is 426. The number of amidine groups is 1. The molecule has 0 bridgehead atoms. The molecule has 0 radical (unpaired) electrons. The number of aliphatic imine (C=N–C) groups is 1. The van der Waals surface area contributed by atoms with Crippen molar-refractivity contribution in [3.63, 3.8) is 0 Å². The first-order valence-corrected chi connectivity index (χ1v) is 5.84. The Balaban J connectivity index is 3.14. The maximum Gasteiger partial charge on any atom is 0.105 e. The fourth-order valence-electron chi connectivity index (χ4n) is 1.46. The fraction of sp³-hybridized carbons (Fsp3) is 0.500. The maximum absolute atomic E-state index is 5.98. The average molecular weight is 233 g/mol. The minimum absolute atomic E-state index is 0.0941. The summed E-state index contributed by atoms with van der Waals surface area (Å²) in [6.45, 7) is 8.28. The number of hydrogen-bond donors (Lipinski definition) is 1. The molecule has 0 spiro atoms. The van der Waals surface area contributed by atoms with E-state index in [0.717, 1.165) is 5.69 Å². The number of rotatable bonds is 2. The molecule has 3 nitrogen and oxygen atoms in total. The van der Waals surface area contributed by atoms with Gasteiger partial charge in [0.15, 0.2) is 0 Å². The second-order valence-corrected chi connectivity index (χ2v) is 5.61. The first-order valence-electron chi connectivity index (χ1n) is 5.84. The van der Waals surface area contributed by atoms with Gasteiger partial charge in [0.25, 0.3) is 0 Å². The van der Waals surface area contributed by atoms with Gasteiger partial charge in [0, 0.05) is 25.2 Å². The minimum Gasteiger partial charge on any atom is -0.387 e. The van der Waals surface area contributed by atoms with Crippen molar-refractivity contribution >= 4 is 17.2 Å². The van der Waals surface area contributed by atoms with Crippen LogP contribution in [-0.2, 0) is 0 Å². The van der Waals surface area contributed by atoms with Crippen LogP contribution in [0.25, 0.3) is 0 Å². The largest absolute Gasteiger partial charge is 0.387 e. The molecule has 1 rings (SSSR count). The van der Waals surface area contributed by atoms with E-state index in [9.17, 15) is 0 Å². The molecule has 17 heavy (non-hydrogen) atoms. The number of anilines is 1. The second-order valence-electron chi connectivity index (χ2n) is 5.61. The van der Waals surface area contributed by atoms with E-state index in [1.807, 2.05) is 20.2 Å². The minimum atomic E-state index is -0.0941. The van der Waals surface area contributed by atoms with Crippen molar-refractivity contribution in [1.29, 1.82) is 0 Å². The molecule has 3 heteroatoms. The average Bonchev–Trinajstić information content (AvgIpc) is 2.19. The number of nitrogens with two attached hydrogens (primary N) is 1. The molecule has 1 aromatic rings. The molecule has 0 aliphatic carbocycles. The lowest BCUT2D eigenvalue weighted by Crippen LogP contribution is -2.28. The topological polar surface area (TPSA) is 41.6 Å². The van der Waals surface area contributed by atoms with E-state index in [1.54, 1.807) is 0 Å². The van der Waals surface area contributed by atoms with Crippen LogP contribution >= 0.6 is 0 Å². The molecule has 0 aliphatic heterocycles. The summed E-state index contributed by atoms with van der Waals surface area (Å²) in [5.41, 5.74) is 9.21. The number of aryl methyl sites for hydroxylation is 1. The first kappa shape index (κ1) is 13.6. The van der Waals surface area contributed by atoms with Crippen molar-refractivity contribution in [2.45, 2.75) is 27.7 Å². The summed E-state index contributed by atoms with van der Waals surface area (Å²) in [7, 11) is 4.06. The van der Waals surface area contributed by atoms with E-state index >= 15 is 0 Å². The lowest BCUT2D eigenvalue weighted by atomic mass is 9.95. The van der Waals surface area contributed by atoms with Gasteiger partial charge in [-0.05, 0) is 24.6 Å². The third-order valence-electron chi connectivity index (χ3n) is 2.69. The highest BCUT2D eigenvalue weighted by Crippen LogP contribution is 2.25. The molecule has 0 heterocycles. The van der Waals surface area contributed by atoms with Gasteiger partial charge in [0.05, 0.1) is 5.69 Å². The summed E-state index contributed by atoms with van der Waals surface area (Å²) in [4.78, 5) is 6.57. The number of hydrogen-bond acceptors (Lipinski definition) is 2. The molecule has 0 atom stereocenters. The third kappa shape index (κ3) is 3.48. The number of benzene rings is 1. The van der Waals surface area contributed by atoms with Crippen LogP contribution in [0.1, 0.15) is 26.3 Å². The van der Waals surface area contributed by atoms with E-state index in [1.165, 1.54) is 11.3 Å². The van der Waals surface area contributed by atoms with Crippen LogP contribution in [0.3, 0.4) is 0 Å². The van der Waals surface area contributed by atoms with Gasteiger partial charge in [-0.25, -0.2) is 4.99 Å².